The normalized spacial score (nSPS) is 15.3. The van der Waals surface area contributed by atoms with Crippen molar-refractivity contribution in [3.8, 4) is 16.9 Å². The molecule has 26 heavy (non-hydrogen) atoms. The quantitative estimate of drug-likeness (QED) is 0.748. The Morgan fingerprint density at radius 3 is 2.88 bits per heavy atom. The molecule has 4 rings (SSSR count). The Labute approximate surface area is 154 Å². The van der Waals surface area contributed by atoms with E-state index in [0.717, 1.165) is 16.7 Å². The van der Waals surface area contributed by atoms with Crippen molar-refractivity contribution in [3.63, 3.8) is 0 Å². The zero-order valence-corrected chi connectivity index (χ0v) is 14.8. The highest BCUT2D eigenvalue weighted by molar-refractivity contribution is 7.08. The monoisotopic (exact) mass is 368 g/mol. The van der Waals surface area contributed by atoms with E-state index in [0.29, 0.717) is 30.7 Å². The molecule has 1 N–H and O–H groups in total. The molecule has 6 heteroatoms. The molecule has 0 fully saturated rings. The molecule has 4 nitrogen and oxygen atoms in total. The van der Waals surface area contributed by atoms with Gasteiger partial charge in [-0.3, -0.25) is 9.78 Å². The largest absolute Gasteiger partial charge is 0.487 e. The molecule has 1 unspecified atom stereocenters. The number of nitrogens with zero attached hydrogens (tertiary/aromatic N) is 1. The van der Waals surface area contributed by atoms with Crippen LogP contribution in [0.15, 0.2) is 53.5 Å². The van der Waals surface area contributed by atoms with Crippen molar-refractivity contribution < 1.29 is 13.9 Å². The van der Waals surface area contributed by atoms with Crippen molar-refractivity contribution >= 4 is 17.2 Å². The predicted molar refractivity (Wildman–Crippen MR) is 98.8 cm³/mol. The van der Waals surface area contributed by atoms with Crippen LogP contribution in [-0.2, 0) is 17.6 Å². The first kappa shape index (κ1) is 16.7. The SMILES string of the molecule is O=C(Cc1ccsc1)NCC1Cc2c(F)ccc(-c3ccncc3)c2O1. The van der Waals surface area contributed by atoms with E-state index in [2.05, 4.69) is 10.3 Å². The minimum absolute atomic E-state index is 0.0576. The molecule has 1 amide bonds. The maximum atomic E-state index is 14.2. The van der Waals surface area contributed by atoms with E-state index in [-0.39, 0.29) is 17.8 Å². The molecule has 1 aromatic carbocycles. The minimum atomic E-state index is -0.273. The van der Waals surface area contributed by atoms with Crippen LogP contribution in [0.25, 0.3) is 11.1 Å². The van der Waals surface area contributed by atoms with Crippen LogP contribution in [-0.4, -0.2) is 23.5 Å². The minimum Gasteiger partial charge on any atom is -0.487 e. The van der Waals surface area contributed by atoms with Crippen LogP contribution >= 0.6 is 11.3 Å². The number of thiophene rings is 1. The van der Waals surface area contributed by atoms with Crippen LogP contribution in [0, 0.1) is 5.82 Å². The smallest absolute Gasteiger partial charge is 0.224 e. The Kier molecular flexibility index (Phi) is 4.67. The van der Waals surface area contributed by atoms with Crippen molar-refractivity contribution in [1.29, 1.82) is 0 Å². The number of pyridine rings is 1. The average Bonchev–Trinajstić information content (AvgIpc) is 3.31. The van der Waals surface area contributed by atoms with Crippen LogP contribution < -0.4 is 10.1 Å². The summed E-state index contributed by atoms with van der Waals surface area (Å²) < 4.78 is 20.2. The molecule has 0 spiro atoms. The van der Waals surface area contributed by atoms with Crippen molar-refractivity contribution in [2.45, 2.75) is 18.9 Å². The lowest BCUT2D eigenvalue weighted by atomic mass is 10.0. The molecule has 0 saturated carbocycles. The van der Waals surface area contributed by atoms with Crippen LogP contribution in [0.1, 0.15) is 11.1 Å². The number of halogens is 1. The second kappa shape index (κ2) is 7.25. The van der Waals surface area contributed by atoms with E-state index in [1.165, 1.54) is 6.07 Å². The molecule has 1 aliphatic rings. The van der Waals surface area contributed by atoms with Gasteiger partial charge >= 0.3 is 0 Å². The second-order valence-corrected chi connectivity index (χ2v) is 6.97. The van der Waals surface area contributed by atoms with Gasteiger partial charge in [0.1, 0.15) is 17.7 Å². The molecule has 0 bridgehead atoms. The Morgan fingerprint density at radius 1 is 1.27 bits per heavy atom. The molecule has 1 aliphatic heterocycles. The molecule has 0 saturated heterocycles. The standard InChI is InChI=1S/C20H17FN2O2S/c21-18-2-1-16(14-3-6-22-7-4-14)20-17(18)10-15(25-20)11-23-19(24)9-13-5-8-26-12-13/h1-8,12,15H,9-11H2,(H,23,24). The van der Waals surface area contributed by atoms with E-state index < -0.39 is 0 Å². The van der Waals surface area contributed by atoms with Crippen LogP contribution in [0.2, 0.25) is 0 Å². The molecule has 2 aromatic heterocycles. The fourth-order valence-corrected chi connectivity index (χ4v) is 3.77. The van der Waals surface area contributed by atoms with Crippen molar-refractivity contribution in [1.82, 2.24) is 10.3 Å². The van der Waals surface area contributed by atoms with E-state index in [1.807, 2.05) is 29.0 Å². The molecule has 0 aliphatic carbocycles. The highest BCUT2D eigenvalue weighted by Crippen LogP contribution is 2.39. The second-order valence-electron chi connectivity index (χ2n) is 6.19. The third-order valence-corrected chi connectivity index (χ3v) is 5.11. The van der Waals surface area contributed by atoms with Gasteiger partial charge in [0.15, 0.2) is 0 Å². The van der Waals surface area contributed by atoms with E-state index in [4.69, 9.17) is 4.74 Å². The van der Waals surface area contributed by atoms with Gasteiger partial charge in [-0.25, -0.2) is 4.39 Å². The van der Waals surface area contributed by atoms with Crippen LogP contribution in [0.4, 0.5) is 4.39 Å². The topological polar surface area (TPSA) is 51.2 Å². The lowest BCUT2D eigenvalue weighted by Gasteiger charge is -2.13. The summed E-state index contributed by atoms with van der Waals surface area (Å²) in [5, 5.41) is 6.79. The number of carbonyl (C=O) groups is 1. The summed E-state index contributed by atoms with van der Waals surface area (Å²) >= 11 is 1.57. The molecule has 3 heterocycles. The summed E-state index contributed by atoms with van der Waals surface area (Å²) in [5.74, 6) is 0.232. The zero-order chi connectivity index (χ0) is 17.9. The lowest BCUT2D eigenvalue weighted by molar-refractivity contribution is -0.120. The predicted octanol–water partition coefficient (Wildman–Crippen LogP) is 3.61. The number of hydrogen-bond acceptors (Lipinski definition) is 4. The van der Waals surface area contributed by atoms with Gasteiger partial charge in [0.05, 0.1) is 13.0 Å². The Morgan fingerprint density at radius 2 is 2.12 bits per heavy atom. The summed E-state index contributed by atoms with van der Waals surface area (Å²) in [6.45, 7) is 0.354. The van der Waals surface area contributed by atoms with Gasteiger partial charge in [-0.2, -0.15) is 11.3 Å². The number of fused-ring (bicyclic) bond motifs is 1. The number of carbonyl (C=O) groups excluding carboxylic acids is 1. The molecule has 0 radical (unpaired) electrons. The number of aromatic nitrogens is 1. The van der Waals surface area contributed by atoms with Gasteiger partial charge in [0.25, 0.3) is 0 Å². The average molecular weight is 368 g/mol. The highest BCUT2D eigenvalue weighted by Gasteiger charge is 2.29. The van der Waals surface area contributed by atoms with Crippen LogP contribution in [0.5, 0.6) is 5.75 Å². The van der Waals surface area contributed by atoms with Crippen molar-refractivity contribution in [3.05, 3.63) is 70.4 Å². The van der Waals surface area contributed by atoms with Gasteiger partial charge < -0.3 is 10.1 Å². The summed E-state index contributed by atoms with van der Waals surface area (Å²) in [5.41, 5.74) is 3.33. The first-order chi connectivity index (χ1) is 12.7. The maximum Gasteiger partial charge on any atom is 0.224 e. The summed E-state index contributed by atoms with van der Waals surface area (Å²) in [4.78, 5) is 16.1. The molecule has 1 atom stereocenters. The fourth-order valence-electron chi connectivity index (χ4n) is 3.11. The van der Waals surface area contributed by atoms with Gasteiger partial charge in [-0.05, 0) is 52.2 Å². The number of ether oxygens (including phenoxy) is 1. The Balaban J connectivity index is 1.45. The van der Waals surface area contributed by atoms with E-state index >= 15 is 0 Å². The summed E-state index contributed by atoms with van der Waals surface area (Å²) in [6.07, 6.45) is 3.91. The third-order valence-electron chi connectivity index (χ3n) is 4.38. The van der Waals surface area contributed by atoms with E-state index in [1.54, 1.807) is 29.8 Å². The Bertz CT molecular complexity index is 913. The first-order valence-electron chi connectivity index (χ1n) is 8.37. The van der Waals surface area contributed by atoms with Gasteiger partial charge in [0.2, 0.25) is 5.91 Å². The number of amides is 1. The summed E-state index contributed by atoms with van der Waals surface area (Å²) in [7, 11) is 0. The summed E-state index contributed by atoms with van der Waals surface area (Å²) in [6, 6.07) is 8.86. The number of hydrogen-bond donors (Lipinski definition) is 1. The maximum absolute atomic E-state index is 14.2. The zero-order valence-electron chi connectivity index (χ0n) is 13.9. The highest BCUT2D eigenvalue weighted by atomic mass is 32.1. The fraction of sp³-hybridized carbons (Fsp3) is 0.200. The number of rotatable bonds is 5. The van der Waals surface area contributed by atoms with Crippen molar-refractivity contribution in [2.75, 3.05) is 6.54 Å². The third kappa shape index (κ3) is 3.46. The van der Waals surface area contributed by atoms with Gasteiger partial charge in [-0.15, -0.1) is 0 Å². The molecular weight excluding hydrogens is 351 g/mol. The van der Waals surface area contributed by atoms with Crippen molar-refractivity contribution in [2.24, 2.45) is 0 Å². The van der Waals surface area contributed by atoms with Crippen LogP contribution in [0.3, 0.4) is 0 Å². The first-order valence-corrected chi connectivity index (χ1v) is 9.31. The van der Waals surface area contributed by atoms with Gasteiger partial charge in [0, 0.05) is 29.9 Å². The van der Waals surface area contributed by atoms with Gasteiger partial charge in [-0.1, -0.05) is 0 Å². The number of nitrogens with one attached hydrogen (secondary N) is 1. The Hall–Kier alpha value is -2.73. The van der Waals surface area contributed by atoms with E-state index in [9.17, 15) is 9.18 Å². The molecular formula is C20H17FN2O2S. The lowest BCUT2D eigenvalue weighted by Crippen LogP contribution is -2.35. The molecule has 132 valence electrons. The molecule has 3 aromatic rings. The number of benzene rings is 1.